The summed E-state index contributed by atoms with van der Waals surface area (Å²) in [6.07, 6.45) is 2.93. The summed E-state index contributed by atoms with van der Waals surface area (Å²) < 4.78 is 27.7. The van der Waals surface area contributed by atoms with E-state index in [9.17, 15) is 8.42 Å². The molecule has 0 spiro atoms. The van der Waals surface area contributed by atoms with E-state index in [-0.39, 0.29) is 10.5 Å². The highest BCUT2D eigenvalue weighted by Crippen LogP contribution is 2.27. The van der Waals surface area contributed by atoms with E-state index in [4.69, 9.17) is 0 Å². The van der Waals surface area contributed by atoms with Crippen LogP contribution in [0, 0.1) is 6.92 Å². The SMILES string of the molecule is Cc1ccc(S(=O)(=O)n2cc(Br)c3nc(Br)cnc32)cc1. The van der Waals surface area contributed by atoms with Crippen LogP contribution in [0.4, 0.5) is 0 Å². The average Bonchev–Trinajstić information content (AvgIpc) is 2.77. The Morgan fingerprint density at radius 3 is 2.48 bits per heavy atom. The lowest BCUT2D eigenvalue weighted by Crippen LogP contribution is -2.12. The maximum atomic E-state index is 12.7. The standard InChI is InChI=1S/C13H9Br2N3O2S/c1-8-2-4-9(5-3-8)21(19,20)18-7-10(14)12-13(18)16-6-11(15)17-12/h2-7H,1H3. The fourth-order valence-corrected chi connectivity index (χ4v) is 4.11. The third-order valence-corrected chi connectivity index (χ3v) is 5.59. The van der Waals surface area contributed by atoms with Crippen LogP contribution in [0.2, 0.25) is 0 Å². The van der Waals surface area contributed by atoms with E-state index < -0.39 is 10.0 Å². The molecule has 0 atom stereocenters. The number of rotatable bonds is 2. The Morgan fingerprint density at radius 2 is 1.81 bits per heavy atom. The molecule has 8 heteroatoms. The quantitative estimate of drug-likeness (QED) is 0.624. The minimum atomic E-state index is -3.71. The van der Waals surface area contributed by atoms with E-state index in [1.54, 1.807) is 24.3 Å². The second kappa shape index (κ2) is 5.19. The van der Waals surface area contributed by atoms with Crippen molar-refractivity contribution < 1.29 is 8.42 Å². The predicted octanol–water partition coefficient (Wildman–Crippen LogP) is 3.50. The van der Waals surface area contributed by atoms with Crippen LogP contribution in [0.3, 0.4) is 0 Å². The molecule has 3 rings (SSSR count). The highest BCUT2D eigenvalue weighted by Gasteiger charge is 2.22. The summed E-state index contributed by atoms with van der Waals surface area (Å²) in [5.41, 5.74) is 1.77. The van der Waals surface area contributed by atoms with Crippen molar-refractivity contribution in [1.82, 2.24) is 13.9 Å². The van der Waals surface area contributed by atoms with E-state index >= 15 is 0 Å². The summed E-state index contributed by atoms with van der Waals surface area (Å²) in [5.74, 6) is 0. The third-order valence-electron chi connectivity index (χ3n) is 2.97. The van der Waals surface area contributed by atoms with Crippen molar-refractivity contribution in [2.45, 2.75) is 11.8 Å². The maximum absolute atomic E-state index is 12.7. The highest BCUT2D eigenvalue weighted by atomic mass is 79.9. The van der Waals surface area contributed by atoms with Crippen molar-refractivity contribution in [3.63, 3.8) is 0 Å². The van der Waals surface area contributed by atoms with Gasteiger partial charge in [0.1, 0.15) is 10.1 Å². The first kappa shape index (κ1) is 14.7. The Balaban J connectivity index is 2.26. The molecule has 5 nitrogen and oxygen atoms in total. The first-order valence-electron chi connectivity index (χ1n) is 5.91. The second-order valence-electron chi connectivity index (χ2n) is 4.46. The highest BCUT2D eigenvalue weighted by molar-refractivity contribution is 9.11. The number of hydrogen-bond donors (Lipinski definition) is 0. The van der Waals surface area contributed by atoms with Gasteiger partial charge in [-0.3, -0.25) is 0 Å². The molecule has 0 aliphatic rings. The van der Waals surface area contributed by atoms with Gasteiger partial charge in [0.2, 0.25) is 0 Å². The average molecular weight is 431 g/mol. The van der Waals surface area contributed by atoms with Crippen molar-refractivity contribution >= 4 is 53.0 Å². The normalized spacial score (nSPS) is 12.0. The first-order chi connectivity index (χ1) is 9.89. The molecular weight excluding hydrogens is 422 g/mol. The zero-order chi connectivity index (χ0) is 15.2. The van der Waals surface area contributed by atoms with Crippen LogP contribution >= 0.6 is 31.9 Å². The smallest absolute Gasteiger partial charge is 0.235 e. The number of nitrogens with zero attached hydrogens (tertiary/aromatic N) is 3. The maximum Gasteiger partial charge on any atom is 0.269 e. The molecule has 0 saturated heterocycles. The van der Waals surface area contributed by atoms with Crippen LogP contribution in [0.25, 0.3) is 11.2 Å². The Morgan fingerprint density at radius 1 is 1.14 bits per heavy atom. The van der Waals surface area contributed by atoms with Crippen molar-refractivity contribution in [3.05, 3.63) is 51.3 Å². The topological polar surface area (TPSA) is 64.8 Å². The molecule has 0 radical (unpaired) electrons. The van der Waals surface area contributed by atoms with E-state index in [0.717, 1.165) is 9.54 Å². The summed E-state index contributed by atoms with van der Waals surface area (Å²) >= 11 is 6.55. The molecule has 0 amide bonds. The Hall–Kier alpha value is -1.25. The molecule has 2 heterocycles. The monoisotopic (exact) mass is 429 g/mol. The predicted molar refractivity (Wildman–Crippen MR) is 86.7 cm³/mol. The Bertz CT molecular complexity index is 934. The van der Waals surface area contributed by atoms with Gasteiger partial charge < -0.3 is 0 Å². The summed E-state index contributed by atoms with van der Waals surface area (Å²) in [6.45, 7) is 1.90. The molecule has 0 aliphatic carbocycles. The van der Waals surface area contributed by atoms with Gasteiger partial charge in [0.15, 0.2) is 5.65 Å². The van der Waals surface area contributed by atoms with Crippen molar-refractivity contribution in [1.29, 1.82) is 0 Å². The first-order valence-corrected chi connectivity index (χ1v) is 8.93. The van der Waals surface area contributed by atoms with Crippen molar-refractivity contribution in [2.75, 3.05) is 0 Å². The summed E-state index contributed by atoms with van der Waals surface area (Å²) in [7, 11) is -3.71. The van der Waals surface area contributed by atoms with Crippen LogP contribution in [0.15, 0.2) is 50.6 Å². The van der Waals surface area contributed by atoms with Gasteiger partial charge in [0.05, 0.1) is 15.6 Å². The lowest BCUT2D eigenvalue weighted by atomic mass is 10.2. The lowest BCUT2D eigenvalue weighted by molar-refractivity contribution is 0.588. The number of fused-ring (bicyclic) bond motifs is 1. The molecule has 108 valence electrons. The molecule has 0 bridgehead atoms. The molecule has 0 saturated carbocycles. The second-order valence-corrected chi connectivity index (χ2v) is 7.94. The summed E-state index contributed by atoms with van der Waals surface area (Å²) in [4.78, 5) is 8.60. The van der Waals surface area contributed by atoms with Gasteiger partial charge in [0.25, 0.3) is 10.0 Å². The van der Waals surface area contributed by atoms with Gasteiger partial charge in [-0.05, 0) is 50.9 Å². The summed E-state index contributed by atoms with van der Waals surface area (Å²) in [6, 6.07) is 6.68. The van der Waals surface area contributed by atoms with Crippen LogP contribution in [-0.4, -0.2) is 22.4 Å². The van der Waals surface area contributed by atoms with Gasteiger partial charge in [-0.1, -0.05) is 17.7 Å². The largest absolute Gasteiger partial charge is 0.269 e. The molecule has 1 aromatic carbocycles. The number of aryl methyl sites for hydroxylation is 1. The minimum Gasteiger partial charge on any atom is -0.235 e. The molecule has 0 fully saturated rings. The molecule has 2 aromatic heterocycles. The van der Waals surface area contributed by atoms with Crippen molar-refractivity contribution in [2.24, 2.45) is 0 Å². The van der Waals surface area contributed by atoms with Crippen LogP contribution in [0.1, 0.15) is 5.56 Å². The molecule has 21 heavy (non-hydrogen) atoms. The van der Waals surface area contributed by atoms with Crippen LogP contribution in [-0.2, 0) is 10.0 Å². The van der Waals surface area contributed by atoms with E-state index in [1.807, 2.05) is 6.92 Å². The van der Waals surface area contributed by atoms with Crippen LogP contribution < -0.4 is 0 Å². The number of halogens is 2. The molecule has 3 aromatic rings. The fraction of sp³-hybridized carbons (Fsp3) is 0.0769. The van der Waals surface area contributed by atoms with E-state index in [0.29, 0.717) is 14.6 Å². The summed E-state index contributed by atoms with van der Waals surface area (Å²) in [5, 5.41) is 0. The van der Waals surface area contributed by atoms with E-state index in [2.05, 4.69) is 41.8 Å². The Labute approximate surface area is 138 Å². The lowest BCUT2D eigenvalue weighted by Gasteiger charge is -2.06. The number of benzene rings is 1. The van der Waals surface area contributed by atoms with Crippen LogP contribution in [0.5, 0.6) is 0 Å². The Kier molecular flexibility index (Phi) is 3.62. The molecule has 0 aliphatic heterocycles. The molecule has 0 N–H and O–H groups in total. The van der Waals surface area contributed by atoms with Gasteiger partial charge in [0, 0.05) is 6.20 Å². The van der Waals surface area contributed by atoms with Crippen molar-refractivity contribution in [3.8, 4) is 0 Å². The van der Waals surface area contributed by atoms with Gasteiger partial charge in [-0.25, -0.2) is 22.4 Å². The third kappa shape index (κ3) is 2.51. The zero-order valence-corrected chi connectivity index (χ0v) is 14.8. The fourth-order valence-electron chi connectivity index (χ4n) is 1.91. The number of aromatic nitrogens is 3. The molecular formula is C13H9Br2N3O2S. The molecule has 0 unspecified atom stereocenters. The van der Waals surface area contributed by atoms with Gasteiger partial charge in [-0.15, -0.1) is 0 Å². The van der Waals surface area contributed by atoms with Gasteiger partial charge in [-0.2, -0.15) is 0 Å². The van der Waals surface area contributed by atoms with E-state index in [1.165, 1.54) is 12.4 Å². The zero-order valence-electron chi connectivity index (χ0n) is 10.8. The number of hydrogen-bond acceptors (Lipinski definition) is 4. The van der Waals surface area contributed by atoms with Gasteiger partial charge >= 0.3 is 0 Å². The minimum absolute atomic E-state index is 0.210.